The number of aromatic carboxylic acids is 1. The smallest absolute Gasteiger partial charge is 0.357 e. The van der Waals surface area contributed by atoms with Gasteiger partial charge in [0.15, 0.2) is 5.69 Å². The molecule has 112 valence electrons. The number of nitrogens with zero attached hydrogens (tertiary/aromatic N) is 2. The minimum atomic E-state index is -3.93. The van der Waals surface area contributed by atoms with Gasteiger partial charge < -0.3 is 5.11 Å². The molecule has 0 bridgehead atoms. The first kappa shape index (κ1) is 15.1. The van der Waals surface area contributed by atoms with E-state index >= 15 is 0 Å². The van der Waals surface area contributed by atoms with Gasteiger partial charge in [-0.1, -0.05) is 0 Å². The molecule has 0 fully saturated rings. The lowest BCUT2D eigenvalue weighted by atomic mass is 10.2. The molecule has 0 spiro atoms. The standard InChI is InChI=1S/C12H14N4O4S/c1-8-11(10(12(17)18)16-15-8)21(19,20)14-7-4-9-2-5-13-6-3-9/h2-3,5-6,14H,4,7H2,1H3,(H,15,16)(H,17,18). The van der Waals surface area contributed by atoms with Gasteiger partial charge in [0.05, 0.1) is 5.69 Å². The zero-order chi connectivity index (χ0) is 15.5. The second kappa shape index (κ2) is 6.02. The Morgan fingerprint density at radius 2 is 2.05 bits per heavy atom. The van der Waals surface area contributed by atoms with E-state index in [1.54, 1.807) is 24.5 Å². The molecule has 0 aliphatic rings. The Kier molecular flexibility index (Phi) is 4.34. The Labute approximate surface area is 121 Å². The van der Waals surface area contributed by atoms with Crippen LogP contribution in [0.25, 0.3) is 0 Å². The SMILES string of the molecule is Cc1[nH]nc(C(=O)O)c1S(=O)(=O)NCCc1ccncc1. The van der Waals surface area contributed by atoms with Crippen LogP contribution in [-0.2, 0) is 16.4 Å². The van der Waals surface area contributed by atoms with E-state index in [0.717, 1.165) is 5.56 Å². The van der Waals surface area contributed by atoms with Crippen LogP contribution < -0.4 is 4.72 Å². The van der Waals surface area contributed by atoms with Gasteiger partial charge in [-0.3, -0.25) is 10.1 Å². The number of hydrogen-bond donors (Lipinski definition) is 3. The molecule has 3 N–H and O–H groups in total. The van der Waals surface area contributed by atoms with E-state index in [2.05, 4.69) is 19.9 Å². The van der Waals surface area contributed by atoms with Crippen LogP contribution in [0.15, 0.2) is 29.4 Å². The van der Waals surface area contributed by atoms with Crippen LogP contribution in [0, 0.1) is 6.92 Å². The summed E-state index contributed by atoms with van der Waals surface area (Å²) in [5.74, 6) is -1.39. The lowest BCUT2D eigenvalue weighted by Gasteiger charge is -2.06. The van der Waals surface area contributed by atoms with Crippen molar-refractivity contribution in [1.82, 2.24) is 19.9 Å². The fraction of sp³-hybridized carbons (Fsp3) is 0.250. The van der Waals surface area contributed by atoms with Crippen molar-refractivity contribution >= 4 is 16.0 Å². The number of hydrogen-bond acceptors (Lipinski definition) is 5. The molecule has 0 aliphatic heterocycles. The van der Waals surface area contributed by atoms with Gasteiger partial charge in [0.1, 0.15) is 4.90 Å². The molecular weight excluding hydrogens is 296 g/mol. The molecule has 0 atom stereocenters. The molecule has 21 heavy (non-hydrogen) atoms. The summed E-state index contributed by atoms with van der Waals surface area (Å²) in [6, 6.07) is 3.56. The number of carboxylic acids is 1. The summed E-state index contributed by atoms with van der Waals surface area (Å²) in [4.78, 5) is 14.5. The lowest BCUT2D eigenvalue weighted by molar-refractivity contribution is 0.0686. The molecule has 0 aliphatic carbocycles. The average molecular weight is 310 g/mol. The first-order chi connectivity index (χ1) is 9.92. The minimum Gasteiger partial charge on any atom is -0.476 e. The maximum Gasteiger partial charge on any atom is 0.357 e. The monoisotopic (exact) mass is 310 g/mol. The number of pyridine rings is 1. The Morgan fingerprint density at radius 3 is 2.67 bits per heavy atom. The van der Waals surface area contributed by atoms with Gasteiger partial charge in [0, 0.05) is 18.9 Å². The van der Waals surface area contributed by atoms with Gasteiger partial charge in [0.25, 0.3) is 0 Å². The van der Waals surface area contributed by atoms with E-state index in [1.165, 1.54) is 6.92 Å². The number of nitrogens with one attached hydrogen (secondary N) is 2. The van der Waals surface area contributed by atoms with Crippen molar-refractivity contribution < 1.29 is 18.3 Å². The fourth-order valence-electron chi connectivity index (χ4n) is 1.84. The molecule has 0 amide bonds. The van der Waals surface area contributed by atoms with Gasteiger partial charge >= 0.3 is 5.97 Å². The first-order valence-corrected chi connectivity index (χ1v) is 7.57. The van der Waals surface area contributed by atoms with Gasteiger partial charge in [-0.2, -0.15) is 5.10 Å². The van der Waals surface area contributed by atoms with Crippen LogP contribution in [0.1, 0.15) is 21.7 Å². The number of aromatic amines is 1. The zero-order valence-corrected chi connectivity index (χ0v) is 12.0. The van der Waals surface area contributed by atoms with Gasteiger partial charge in [0.2, 0.25) is 10.0 Å². The number of carboxylic acid groups (broad SMARTS) is 1. The third-order valence-corrected chi connectivity index (χ3v) is 4.44. The average Bonchev–Trinajstić information content (AvgIpc) is 2.83. The molecule has 0 saturated heterocycles. The van der Waals surface area contributed by atoms with Crippen molar-refractivity contribution in [3.8, 4) is 0 Å². The van der Waals surface area contributed by atoms with Crippen LogP contribution in [0.5, 0.6) is 0 Å². The quantitative estimate of drug-likeness (QED) is 0.706. The third-order valence-electron chi connectivity index (χ3n) is 2.82. The molecule has 2 heterocycles. The summed E-state index contributed by atoms with van der Waals surface area (Å²) in [5.41, 5.74) is 0.600. The Balaban J connectivity index is 2.12. The van der Waals surface area contributed by atoms with E-state index in [1.807, 2.05) is 0 Å². The highest BCUT2D eigenvalue weighted by Crippen LogP contribution is 2.17. The largest absolute Gasteiger partial charge is 0.476 e. The number of carbonyl (C=O) groups is 1. The maximum absolute atomic E-state index is 12.2. The summed E-state index contributed by atoms with van der Waals surface area (Å²) in [6.07, 6.45) is 3.71. The van der Waals surface area contributed by atoms with Crippen molar-refractivity contribution in [3.05, 3.63) is 41.5 Å². The highest BCUT2D eigenvalue weighted by atomic mass is 32.2. The highest BCUT2D eigenvalue weighted by molar-refractivity contribution is 7.89. The topological polar surface area (TPSA) is 125 Å². The van der Waals surface area contributed by atoms with E-state index < -0.39 is 21.7 Å². The summed E-state index contributed by atoms with van der Waals surface area (Å²) in [5, 5.41) is 14.8. The normalized spacial score (nSPS) is 11.5. The molecular formula is C12H14N4O4S. The van der Waals surface area contributed by atoms with Crippen molar-refractivity contribution in [2.75, 3.05) is 6.54 Å². The minimum absolute atomic E-state index is 0.149. The van der Waals surface area contributed by atoms with E-state index in [-0.39, 0.29) is 17.1 Å². The van der Waals surface area contributed by atoms with Crippen LogP contribution in [0.2, 0.25) is 0 Å². The third kappa shape index (κ3) is 3.44. The molecule has 0 saturated carbocycles. The second-order valence-corrected chi connectivity index (χ2v) is 6.04. The van der Waals surface area contributed by atoms with Crippen LogP contribution in [0.3, 0.4) is 0 Å². The Hall–Kier alpha value is -2.26. The molecule has 0 aromatic carbocycles. The van der Waals surface area contributed by atoms with E-state index in [0.29, 0.717) is 6.42 Å². The van der Waals surface area contributed by atoms with Crippen molar-refractivity contribution in [3.63, 3.8) is 0 Å². The predicted molar refractivity (Wildman–Crippen MR) is 73.4 cm³/mol. The number of aryl methyl sites for hydroxylation is 1. The Morgan fingerprint density at radius 1 is 1.38 bits per heavy atom. The summed E-state index contributed by atoms with van der Waals surface area (Å²) in [6.45, 7) is 1.60. The van der Waals surface area contributed by atoms with Crippen LogP contribution in [0.4, 0.5) is 0 Å². The Bertz CT molecular complexity index is 740. The molecule has 8 nitrogen and oxygen atoms in total. The van der Waals surface area contributed by atoms with Crippen LogP contribution in [-0.4, -0.2) is 41.2 Å². The maximum atomic E-state index is 12.2. The molecule has 0 unspecified atom stereocenters. The molecule has 0 radical (unpaired) electrons. The predicted octanol–water partition coefficient (Wildman–Crippen LogP) is 0.332. The first-order valence-electron chi connectivity index (χ1n) is 6.08. The van der Waals surface area contributed by atoms with Gasteiger partial charge in [-0.25, -0.2) is 17.9 Å². The van der Waals surface area contributed by atoms with E-state index in [9.17, 15) is 13.2 Å². The number of sulfonamides is 1. The van der Waals surface area contributed by atoms with Crippen LogP contribution >= 0.6 is 0 Å². The van der Waals surface area contributed by atoms with E-state index in [4.69, 9.17) is 5.11 Å². The zero-order valence-electron chi connectivity index (χ0n) is 11.2. The summed E-state index contributed by atoms with van der Waals surface area (Å²) >= 11 is 0. The molecule has 2 aromatic heterocycles. The highest BCUT2D eigenvalue weighted by Gasteiger charge is 2.27. The number of rotatable bonds is 6. The van der Waals surface area contributed by atoms with Gasteiger partial charge in [-0.05, 0) is 31.0 Å². The number of aromatic nitrogens is 3. The van der Waals surface area contributed by atoms with Crippen molar-refractivity contribution in [1.29, 1.82) is 0 Å². The van der Waals surface area contributed by atoms with Gasteiger partial charge in [-0.15, -0.1) is 0 Å². The second-order valence-electron chi connectivity index (χ2n) is 4.33. The number of H-pyrrole nitrogens is 1. The van der Waals surface area contributed by atoms with Crippen molar-refractivity contribution in [2.45, 2.75) is 18.2 Å². The van der Waals surface area contributed by atoms with Crippen molar-refractivity contribution in [2.24, 2.45) is 0 Å². The summed E-state index contributed by atoms with van der Waals surface area (Å²) < 4.78 is 26.7. The molecule has 9 heteroatoms. The fourth-order valence-corrected chi connectivity index (χ4v) is 3.20. The lowest BCUT2D eigenvalue weighted by Crippen LogP contribution is -2.27. The molecule has 2 rings (SSSR count). The molecule has 2 aromatic rings. The summed E-state index contributed by atoms with van der Waals surface area (Å²) in [7, 11) is -3.93.